The number of aromatic nitrogens is 1. The molecule has 1 aliphatic heterocycles. The van der Waals surface area contributed by atoms with E-state index in [1.807, 2.05) is 31.1 Å². The molecular formula is C52H82Br2N4O4. The van der Waals surface area contributed by atoms with Crippen LogP contribution in [0, 0.1) is 56.7 Å². The van der Waals surface area contributed by atoms with Crippen LogP contribution in [-0.2, 0) is 19.1 Å². The second kappa shape index (κ2) is 19.0. The molecule has 7 rings (SSSR count). The normalized spacial score (nSPS) is 36.5. The zero-order chi connectivity index (χ0) is 43.6. The van der Waals surface area contributed by atoms with E-state index in [0.29, 0.717) is 42.6 Å². The average molecular weight is 987 g/mol. The number of fused-ring (bicyclic) bond motifs is 7. The van der Waals surface area contributed by atoms with Crippen molar-refractivity contribution in [2.75, 3.05) is 46.2 Å². The van der Waals surface area contributed by atoms with Crippen molar-refractivity contribution in [2.24, 2.45) is 56.7 Å². The lowest BCUT2D eigenvalue weighted by atomic mass is 9.32. The van der Waals surface area contributed by atoms with Gasteiger partial charge in [-0.3, -0.25) is 0 Å². The van der Waals surface area contributed by atoms with Crippen molar-refractivity contribution in [3.8, 4) is 0 Å². The molecule has 0 aromatic carbocycles. The Bertz CT molecular complexity index is 1860. The van der Waals surface area contributed by atoms with Gasteiger partial charge >= 0.3 is 11.9 Å². The number of pyridine rings is 1. The van der Waals surface area contributed by atoms with E-state index in [9.17, 15) is 9.59 Å². The highest BCUT2D eigenvalue weighted by molar-refractivity contribution is 5.76. The summed E-state index contributed by atoms with van der Waals surface area (Å²) >= 11 is 0. The van der Waals surface area contributed by atoms with Crippen LogP contribution in [0.2, 0.25) is 0 Å². The monoisotopic (exact) mass is 984 g/mol. The van der Waals surface area contributed by atoms with Crippen LogP contribution in [0.3, 0.4) is 0 Å². The van der Waals surface area contributed by atoms with Crippen molar-refractivity contribution in [2.45, 2.75) is 157 Å². The SMILES string of the molecule is C=C(C)[C@@H]1CC[C@]2(COC(=O)C(CC)[N+]3=CC=C(N(C)C)CC3)CC[C@]3(C)C(CCC4[C@@]5(C)CC[C@H](OC(=O)C(CC)[n+]6ccc(N(C)C)cc6)C(C)(C)C5CC[C@]43C)C12.[Br-].[Br-]. The summed E-state index contributed by atoms with van der Waals surface area (Å²) in [7, 11) is 8.25. The quantitative estimate of drug-likeness (QED) is 0.181. The fraction of sp³-hybridized carbons (Fsp3) is 0.769. The standard InChI is InChI=1S/C52H82N4O4.2BrH/c1-14-40(55-30-21-36(22-31-55)53(10)11)46(57)59-34-52-27-18-38(35(3)4)45(52)39-16-17-43-49(7)25-20-44(48(5,6)42(49)19-26-51(43,9)50(39,8)28-29-52)60-47(58)41(15-2)56-32-23-37(24-33-56)54(12)13;;/h21,23-24,30,32-33,38-45H,3,14-20,22,25-29,31,34H2,1-2,4-13H3;2*1H/q+2;;/p-2/t38-,39?,40?,41?,42?,43?,44-,45?,49-,50+,51+,52+;;/m0../s1. The fourth-order valence-electron chi connectivity index (χ4n) is 15.4. The molecular weight excluding hydrogens is 904 g/mol. The van der Waals surface area contributed by atoms with E-state index >= 15 is 0 Å². The van der Waals surface area contributed by atoms with Crippen molar-refractivity contribution < 1.29 is 62.2 Å². The maximum absolute atomic E-state index is 14.0. The van der Waals surface area contributed by atoms with Crippen molar-refractivity contribution in [1.29, 1.82) is 0 Å². The average Bonchev–Trinajstić information content (AvgIpc) is 3.60. The molecule has 6 unspecified atom stereocenters. The summed E-state index contributed by atoms with van der Waals surface area (Å²) in [5, 5.41) is 0. The molecule has 5 saturated carbocycles. The Balaban J connectivity index is 0.00000363. The number of nitrogens with zero attached hydrogens (tertiary/aromatic N) is 4. The van der Waals surface area contributed by atoms with Crippen LogP contribution in [0.25, 0.3) is 0 Å². The molecule has 5 aliphatic carbocycles. The van der Waals surface area contributed by atoms with Gasteiger partial charge in [-0.15, -0.1) is 0 Å². The number of hydrogen-bond acceptors (Lipinski definition) is 6. The molecule has 8 nitrogen and oxygen atoms in total. The van der Waals surface area contributed by atoms with Crippen LogP contribution in [0.1, 0.15) is 145 Å². The Morgan fingerprint density at radius 3 is 2.06 bits per heavy atom. The third-order valence-corrected chi connectivity index (χ3v) is 19.0. The molecule has 0 spiro atoms. The van der Waals surface area contributed by atoms with Gasteiger partial charge in [-0.25, -0.2) is 14.2 Å². The number of allylic oxidation sites excluding steroid dienone is 2. The molecule has 5 fully saturated rings. The molecule has 0 bridgehead atoms. The smallest absolute Gasteiger partial charge is 0.376 e. The highest BCUT2D eigenvalue weighted by Gasteiger charge is 2.71. The fourth-order valence-corrected chi connectivity index (χ4v) is 15.4. The van der Waals surface area contributed by atoms with Gasteiger partial charge in [-0.1, -0.05) is 60.6 Å². The van der Waals surface area contributed by atoms with E-state index in [0.717, 1.165) is 57.2 Å². The molecule has 0 N–H and O–H groups in total. The number of rotatable bonds is 12. The number of carbonyl (C=O) groups excluding carboxylic acids is 2. The number of esters is 2. The third-order valence-electron chi connectivity index (χ3n) is 19.0. The first-order chi connectivity index (χ1) is 28.3. The molecule has 1 aromatic heterocycles. The minimum absolute atomic E-state index is 0. The second-order valence-electron chi connectivity index (χ2n) is 22.4. The van der Waals surface area contributed by atoms with Gasteiger partial charge in [0.05, 0.1) is 6.61 Å². The molecule has 0 amide bonds. The molecule has 6 aliphatic rings. The van der Waals surface area contributed by atoms with E-state index in [1.165, 1.54) is 43.4 Å². The van der Waals surface area contributed by atoms with Crippen LogP contribution >= 0.6 is 0 Å². The van der Waals surface area contributed by atoms with E-state index in [1.54, 1.807) is 0 Å². The van der Waals surface area contributed by atoms with Crippen LogP contribution in [-0.4, -0.2) is 81.1 Å². The molecule has 1 aromatic rings. The molecule has 2 heterocycles. The molecule has 0 radical (unpaired) electrons. The summed E-state index contributed by atoms with van der Waals surface area (Å²) in [6, 6.07) is 3.57. The Morgan fingerprint density at radius 2 is 1.48 bits per heavy atom. The number of hydrogen-bond donors (Lipinski definition) is 0. The topological polar surface area (TPSA) is 66.0 Å². The number of ether oxygens (including phenoxy) is 2. The minimum Gasteiger partial charge on any atom is -1.00 e. The van der Waals surface area contributed by atoms with Crippen molar-refractivity contribution in [1.82, 2.24) is 4.90 Å². The number of carbonyl (C=O) groups is 2. The summed E-state index contributed by atoms with van der Waals surface area (Å²) < 4.78 is 17.4. The van der Waals surface area contributed by atoms with E-state index in [-0.39, 0.29) is 91.2 Å². The summed E-state index contributed by atoms with van der Waals surface area (Å²) in [6.07, 6.45) is 22.2. The lowest BCUT2D eigenvalue weighted by molar-refractivity contribution is -0.711. The predicted molar refractivity (Wildman–Crippen MR) is 242 cm³/mol. The third kappa shape index (κ3) is 8.42. The van der Waals surface area contributed by atoms with Gasteiger partial charge in [0, 0.05) is 87.9 Å². The predicted octanol–water partition coefficient (Wildman–Crippen LogP) is 3.82. The van der Waals surface area contributed by atoms with Crippen LogP contribution in [0.15, 0.2) is 48.5 Å². The highest BCUT2D eigenvalue weighted by Crippen LogP contribution is 2.77. The van der Waals surface area contributed by atoms with Crippen LogP contribution in [0.5, 0.6) is 0 Å². The Morgan fingerprint density at radius 1 is 0.806 bits per heavy atom. The van der Waals surface area contributed by atoms with Crippen molar-refractivity contribution in [3.05, 3.63) is 48.5 Å². The maximum atomic E-state index is 14.0. The Kier molecular flexibility index (Phi) is 15.5. The molecule has 10 heteroatoms. The van der Waals surface area contributed by atoms with Gasteiger partial charge in [0.1, 0.15) is 12.6 Å². The van der Waals surface area contributed by atoms with Crippen molar-refractivity contribution in [3.63, 3.8) is 0 Å². The van der Waals surface area contributed by atoms with Crippen molar-refractivity contribution >= 4 is 23.8 Å². The first kappa shape index (κ1) is 50.8. The first-order valence-corrected chi connectivity index (χ1v) is 24.0. The molecule has 0 saturated heterocycles. The summed E-state index contributed by atoms with van der Waals surface area (Å²) in [4.78, 5) is 32.3. The lowest BCUT2D eigenvalue weighted by Crippen LogP contribution is -3.00. The first-order valence-electron chi connectivity index (χ1n) is 24.0. The zero-order valence-electron chi connectivity index (χ0n) is 40.6. The van der Waals surface area contributed by atoms with Gasteiger partial charge in [-0.2, -0.15) is 4.57 Å². The summed E-state index contributed by atoms with van der Waals surface area (Å²) in [5.74, 6) is 2.53. The van der Waals surface area contributed by atoms with E-state index < -0.39 is 0 Å². The largest absolute Gasteiger partial charge is 1.00 e. The van der Waals surface area contributed by atoms with Gasteiger partial charge < -0.3 is 53.2 Å². The number of halogens is 2. The summed E-state index contributed by atoms with van der Waals surface area (Å²) in [6.45, 7) is 25.3. The van der Waals surface area contributed by atoms with E-state index in [2.05, 4.69) is 115 Å². The maximum Gasteiger partial charge on any atom is 0.376 e. The highest BCUT2D eigenvalue weighted by atomic mass is 79.9. The molecule has 62 heavy (non-hydrogen) atoms. The molecule has 348 valence electrons. The van der Waals surface area contributed by atoms with Gasteiger partial charge in [0.15, 0.2) is 18.6 Å². The summed E-state index contributed by atoms with van der Waals surface area (Å²) in [5.41, 5.74) is 4.23. The molecule has 12 atom stereocenters. The minimum atomic E-state index is -0.328. The van der Waals surface area contributed by atoms with E-state index in [4.69, 9.17) is 9.47 Å². The van der Waals surface area contributed by atoms with Gasteiger partial charge in [0.2, 0.25) is 6.04 Å². The Labute approximate surface area is 397 Å². The lowest BCUT2D eigenvalue weighted by Gasteiger charge is -2.73. The zero-order valence-corrected chi connectivity index (χ0v) is 43.7. The van der Waals surface area contributed by atoms with Crippen LogP contribution in [0.4, 0.5) is 5.69 Å². The van der Waals surface area contributed by atoms with Gasteiger partial charge in [-0.05, 0) is 117 Å². The number of anilines is 1. The second-order valence-corrected chi connectivity index (χ2v) is 22.4. The Hall–Kier alpha value is -2.20. The van der Waals surface area contributed by atoms with Gasteiger partial charge in [0.25, 0.3) is 6.04 Å². The van der Waals surface area contributed by atoms with Crippen LogP contribution < -0.4 is 43.4 Å².